The van der Waals surface area contributed by atoms with Crippen molar-refractivity contribution in [3.8, 4) is 11.6 Å². The number of benzene rings is 3. The summed E-state index contributed by atoms with van der Waals surface area (Å²) < 4.78 is 2.39. The fourth-order valence-corrected chi connectivity index (χ4v) is 4.44. The van der Waals surface area contributed by atoms with Crippen molar-refractivity contribution in [1.82, 2.24) is 9.55 Å². The number of hydrogen-bond acceptors (Lipinski definition) is 5. The molecule has 0 aliphatic carbocycles. The Morgan fingerprint density at radius 1 is 0.968 bits per heavy atom. The molecule has 5 aromatic rings. The van der Waals surface area contributed by atoms with Gasteiger partial charge in [0.05, 0.1) is 21.5 Å². The summed E-state index contributed by atoms with van der Waals surface area (Å²) in [5, 5.41) is 12.9. The van der Waals surface area contributed by atoms with E-state index in [-0.39, 0.29) is 11.4 Å². The van der Waals surface area contributed by atoms with Crippen LogP contribution in [0, 0.1) is 13.8 Å². The van der Waals surface area contributed by atoms with E-state index in [9.17, 15) is 9.90 Å². The van der Waals surface area contributed by atoms with Crippen molar-refractivity contribution in [2.24, 2.45) is 4.99 Å². The van der Waals surface area contributed by atoms with E-state index in [1.165, 1.54) is 15.9 Å². The first-order chi connectivity index (χ1) is 15.0. The summed E-state index contributed by atoms with van der Waals surface area (Å²) in [6.45, 7) is 4.00. The number of rotatable bonds is 3. The predicted molar refractivity (Wildman–Crippen MR) is 128 cm³/mol. The number of aromatic hydroxyl groups is 1. The van der Waals surface area contributed by atoms with Gasteiger partial charge in [-0.3, -0.25) is 4.79 Å². The summed E-state index contributed by atoms with van der Waals surface area (Å²) in [4.78, 5) is 22.3. The van der Waals surface area contributed by atoms with Crippen LogP contribution in [-0.4, -0.2) is 20.9 Å². The zero-order valence-electron chi connectivity index (χ0n) is 17.0. The minimum absolute atomic E-state index is 0.142. The SMILES string of the molecule is Cc1ccc(-n2c(O)c(C=Nc3nc4ccccc4s3)c3ccccc3c2=O)cc1C. The Hall–Kier alpha value is -3.77. The highest BCUT2D eigenvalue weighted by Crippen LogP contribution is 2.30. The molecule has 0 aliphatic heterocycles. The van der Waals surface area contributed by atoms with Crippen molar-refractivity contribution in [2.45, 2.75) is 13.8 Å². The van der Waals surface area contributed by atoms with Gasteiger partial charge in [-0.05, 0) is 55.3 Å². The van der Waals surface area contributed by atoms with Gasteiger partial charge in [0.25, 0.3) is 5.56 Å². The number of nitrogens with zero attached hydrogens (tertiary/aromatic N) is 3. The van der Waals surface area contributed by atoms with E-state index < -0.39 is 0 Å². The average molecular weight is 426 g/mol. The third kappa shape index (κ3) is 3.31. The maximum atomic E-state index is 13.2. The number of fused-ring (bicyclic) bond motifs is 2. The monoisotopic (exact) mass is 425 g/mol. The zero-order valence-corrected chi connectivity index (χ0v) is 17.9. The van der Waals surface area contributed by atoms with Crippen molar-refractivity contribution in [1.29, 1.82) is 0 Å². The van der Waals surface area contributed by atoms with Crippen molar-refractivity contribution in [3.05, 3.63) is 93.8 Å². The summed E-state index contributed by atoms with van der Waals surface area (Å²) in [5.41, 5.74) is 3.87. The lowest BCUT2D eigenvalue weighted by Gasteiger charge is -2.14. The van der Waals surface area contributed by atoms with Crippen molar-refractivity contribution < 1.29 is 5.11 Å². The maximum absolute atomic E-state index is 13.2. The molecule has 0 saturated carbocycles. The number of thiazole rings is 1. The summed E-state index contributed by atoms with van der Waals surface area (Å²) in [6.07, 6.45) is 1.59. The van der Waals surface area contributed by atoms with E-state index in [1.54, 1.807) is 12.3 Å². The van der Waals surface area contributed by atoms with E-state index in [4.69, 9.17) is 0 Å². The highest BCUT2D eigenvalue weighted by atomic mass is 32.1. The van der Waals surface area contributed by atoms with Gasteiger partial charge in [-0.1, -0.05) is 47.7 Å². The molecule has 1 N–H and O–H groups in total. The quantitative estimate of drug-likeness (QED) is 0.379. The normalized spacial score (nSPS) is 11.7. The molecule has 5 nitrogen and oxygen atoms in total. The van der Waals surface area contributed by atoms with E-state index in [1.807, 2.05) is 74.5 Å². The average Bonchev–Trinajstić information content (AvgIpc) is 3.19. The third-order valence-corrected chi connectivity index (χ3v) is 6.38. The van der Waals surface area contributed by atoms with Gasteiger partial charge in [0.1, 0.15) is 0 Å². The molecule has 0 aliphatic rings. The summed E-state index contributed by atoms with van der Waals surface area (Å²) in [7, 11) is 0. The second-order valence-corrected chi connectivity index (χ2v) is 8.42. The fourth-order valence-electron chi connectivity index (χ4n) is 3.63. The van der Waals surface area contributed by atoms with Gasteiger partial charge in [-0.25, -0.2) is 14.5 Å². The second kappa shape index (κ2) is 7.49. The van der Waals surface area contributed by atoms with E-state index in [0.717, 1.165) is 21.3 Å². The minimum Gasteiger partial charge on any atom is -0.494 e. The smallest absolute Gasteiger partial charge is 0.265 e. The standard InChI is InChI=1S/C25H19N3O2S/c1-15-11-12-17(13-16(15)2)28-23(29)19-8-4-3-7-18(19)20(24(28)30)14-26-25-27-21-9-5-6-10-22(21)31-25/h3-14,30H,1-2H3. The molecule has 31 heavy (non-hydrogen) atoms. The molecule has 0 fully saturated rings. The molecule has 0 bridgehead atoms. The summed E-state index contributed by atoms with van der Waals surface area (Å²) in [6, 6.07) is 20.8. The van der Waals surface area contributed by atoms with Gasteiger partial charge in [0.15, 0.2) is 0 Å². The fraction of sp³-hybridized carbons (Fsp3) is 0.0800. The van der Waals surface area contributed by atoms with Gasteiger partial charge >= 0.3 is 0 Å². The first-order valence-electron chi connectivity index (χ1n) is 9.87. The molecule has 0 atom stereocenters. The maximum Gasteiger partial charge on any atom is 0.265 e. The molecule has 3 aromatic carbocycles. The van der Waals surface area contributed by atoms with Gasteiger partial charge in [0, 0.05) is 17.0 Å². The van der Waals surface area contributed by atoms with E-state index >= 15 is 0 Å². The second-order valence-electron chi connectivity index (χ2n) is 7.41. The molecule has 0 radical (unpaired) electrons. The Balaban J connectivity index is 1.73. The van der Waals surface area contributed by atoms with Crippen molar-refractivity contribution in [2.75, 3.05) is 0 Å². The Morgan fingerprint density at radius 2 is 1.71 bits per heavy atom. The van der Waals surface area contributed by atoms with Crippen LogP contribution >= 0.6 is 11.3 Å². The Labute approximate surface area is 182 Å². The van der Waals surface area contributed by atoms with Gasteiger partial charge in [0.2, 0.25) is 11.0 Å². The largest absolute Gasteiger partial charge is 0.494 e. The van der Waals surface area contributed by atoms with Crippen LogP contribution < -0.4 is 5.56 Å². The first-order valence-corrected chi connectivity index (χ1v) is 10.7. The Morgan fingerprint density at radius 3 is 2.48 bits per heavy atom. The summed E-state index contributed by atoms with van der Waals surface area (Å²) in [5.74, 6) is -0.142. The number of aliphatic imine (C=N–C) groups is 1. The predicted octanol–water partition coefficient (Wildman–Crippen LogP) is 5.67. The highest BCUT2D eigenvalue weighted by Gasteiger charge is 2.16. The van der Waals surface area contributed by atoms with Gasteiger partial charge < -0.3 is 5.11 Å². The molecule has 6 heteroatoms. The first kappa shape index (κ1) is 19.2. The third-order valence-electron chi connectivity index (χ3n) is 5.44. The van der Waals surface area contributed by atoms with E-state index in [2.05, 4.69) is 9.98 Å². The highest BCUT2D eigenvalue weighted by molar-refractivity contribution is 7.22. The lowest BCUT2D eigenvalue weighted by Crippen LogP contribution is -2.20. The van der Waals surface area contributed by atoms with Crippen LogP contribution in [0.15, 0.2) is 76.5 Å². The minimum atomic E-state index is -0.270. The number of aryl methyl sites for hydroxylation is 2. The van der Waals surface area contributed by atoms with Crippen LogP contribution in [0.1, 0.15) is 16.7 Å². The van der Waals surface area contributed by atoms with Crippen molar-refractivity contribution in [3.63, 3.8) is 0 Å². The lowest BCUT2D eigenvalue weighted by atomic mass is 10.1. The Bertz CT molecular complexity index is 1510. The molecule has 0 amide bonds. The molecular formula is C25H19N3O2S. The van der Waals surface area contributed by atoms with Crippen LogP contribution in [0.3, 0.4) is 0 Å². The Kier molecular flexibility index (Phi) is 4.64. The number of aromatic nitrogens is 2. The molecular weight excluding hydrogens is 406 g/mol. The van der Waals surface area contributed by atoms with Crippen molar-refractivity contribution >= 4 is 43.7 Å². The van der Waals surface area contributed by atoms with Gasteiger partial charge in [-0.2, -0.15) is 0 Å². The molecule has 2 aromatic heterocycles. The summed E-state index contributed by atoms with van der Waals surface area (Å²) >= 11 is 1.48. The molecule has 0 saturated heterocycles. The molecule has 5 rings (SSSR count). The van der Waals surface area contributed by atoms with Crippen LogP contribution in [0.5, 0.6) is 5.88 Å². The molecule has 2 heterocycles. The molecule has 0 spiro atoms. The van der Waals surface area contributed by atoms with Crippen LogP contribution in [0.25, 0.3) is 26.7 Å². The number of para-hydroxylation sites is 1. The molecule has 0 unspecified atom stereocenters. The zero-order chi connectivity index (χ0) is 21.5. The van der Waals surface area contributed by atoms with Crippen LogP contribution in [0.2, 0.25) is 0 Å². The number of pyridine rings is 1. The number of hydrogen-bond donors (Lipinski definition) is 1. The van der Waals surface area contributed by atoms with E-state index in [0.29, 0.717) is 27.2 Å². The van der Waals surface area contributed by atoms with Crippen LogP contribution in [0.4, 0.5) is 5.13 Å². The van der Waals surface area contributed by atoms with Gasteiger partial charge in [-0.15, -0.1) is 0 Å². The molecule has 152 valence electrons. The van der Waals surface area contributed by atoms with Crippen LogP contribution in [-0.2, 0) is 0 Å². The topological polar surface area (TPSA) is 67.5 Å². The lowest BCUT2D eigenvalue weighted by molar-refractivity contribution is 0.436.